The van der Waals surface area contributed by atoms with E-state index in [1.807, 2.05) is 12.2 Å². The second-order valence-corrected chi connectivity index (χ2v) is 6.90. The van der Waals surface area contributed by atoms with Crippen LogP contribution in [0.3, 0.4) is 0 Å². The monoisotopic (exact) mass is 369 g/mol. The summed E-state index contributed by atoms with van der Waals surface area (Å²) >= 11 is 6.33. The molecular formula is C19H14ClN2O4-. The van der Waals surface area contributed by atoms with E-state index in [0.29, 0.717) is 16.3 Å². The zero-order valence-electron chi connectivity index (χ0n) is 13.5. The Hall–Kier alpha value is -2.86. The number of carboxylic acids is 1. The van der Waals surface area contributed by atoms with Crippen LogP contribution in [0.5, 0.6) is 0 Å². The number of nitrogens with zero attached hydrogens (tertiary/aromatic N) is 1. The highest BCUT2D eigenvalue weighted by atomic mass is 35.5. The molecule has 6 nitrogen and oxygen atoms in total. The molecule has 1 aliphatic carbocycles. The lowest BCUT2D eigenvalue weighted by Crippen LogP contribution is -2.30. The van der Waals surface area contributed by atoms with Crippen molar-refractivity contribution in [2.24, 2.45) is 5.92 Å². The van der Waals surface area contributed by atoms with Crippen molar-refractivity contribution in [3.8, 4) is 0 Å². The van der Waals surface area contributed by atoms with Crippen molar-refractivity contribution < 1.29 is 14.8 Å². The second-order valence-electron chi connectivity index (χ2n) is 6.50. The number of halogens is 1. The molecule has 2 aromatic rings. The third kappa shape index (κ3) is 2.54. The van der Waals surface area contributed by atoms with Gasteiger partial charge in [0.25, 0.3) is 5.69 Å². The lowest BCUT2D eigenvalue weighted by molar-refractivity contribution is -0.385. The predicted molar refractivity (Wildman–Crippen MR) is 95.2 cm³/mol. The van der Waals surface area contributed by atoms with Gasteiger partial charge in [-0.1, -0.05) is 48.0 Å². The van der Waals surface area contributed by atoms with Gasteiger partial charge in [-0.05, 0) is 29.5 Å². The topological polar surface area (TPSA) is 95.3 Å². The highest BCUT2D eigenvalue weighted by molar-refractivity contribution is 6.33. The normalized spacial score (nSPS) is 23.0. The van der Waals surface area contributed by atoms with Gasteiger partial charge in [0.1, 0.15) is 0 Å². The van der Waals surface area contributed by atoms with Crippen LogP contribution in [0.1, 0.15) is 39.9 Å². The van der Waals surface area contributed by atoms with Crippen molar-refractivity contribution in [2.45, 2.75) is 18.4 Å². The van der Waals surface area contributed by atoms with Crippen LogP contribution in [0.4, 0.5) is 11.4 Å². The molecule has 0 spiro atoms. The van der Waals surface area contributed by atoms with Gasteiger partial charge >= 0.3 is 0 Å². The highest BCUT2D eigenvalue weighted by Crippen LogP contribution is 2.54. The number of carboxylic acid groups (broad SMARTS) is 1. The fourth-order valence-electron chi connectivity index (χ4n) is 3.97. The van der Waals surface area contributed by atoms with Crippen LogP contribution >= 0.6 is 11.6 Å². The van der Waals surface area contributed by atoms with Gasteiger partial charge in [0.15, 0.2) is 0 Å². The molecule has 0 amide bonds. The molecule has 1 aliphatic heterocycles. The smallest absolute Gasteiger partial charge is 0.275 e. The van der Waals surface area contributed by atoms with Gasteiger partial charge in [0, 0.05) is 12.0 Å². The number of benzene rings is 2. The molecule has 1 N–H and O–H groups in total. The highest BCUT2D eigenvalue weighted by Gasteiger charge is 2.42. The molecule has 0 unspecified atom stereocenters. The molecule has 4 rings (SSSR count). The maximum atomic E-state index is 11.5. The average molecular weight is 370 g/mol. The van der Waals surface area contributed by atoms with E-state index >= 15 is 0 Å². The molecule has 1 heterocycles. The van der Waals surface area contributed by atoms with Crippen molar-refractivity contribution in [3.05, 3.63) is 80.4 Å². The maximum Gasteiger partial charge on any atom is 0.275 e. The van der Waals surface area contributed by atoms with Crippen molar-refractivity contribution >= 4 is 28.9 Å². The summed E-state index contributed by atoms with van der Waals surface area (Å²) in [5, 5.41) is 26.2. The number of anilines is 1. The summed E-state index contributed by atoms with van der Waals surface area (Å²) in [4.78, 5) is 22.1. The Morgan fingerprint density at radius 1 is 1.19 bits per heavy atom. The molecule has 132 valence electrons. The van der Waals surface area contributed by atoms with E-state index in [9.17, 15) is 20.0 Å². The summed E-state index contributed by atoms with van der Waals surface area (Å²) in [5.74, 6) is -1.25. The van der Waals surface area contributed by atoms with Gasteiger partial charge in [-0.2, -0.15) is 0 Å². The van der Waals surface area contributed by atoms with Crippen LogP contribution in [0.2, 0.25) is 5.02 Å². The Bertz CT molecular complexity index is 939. The fraction of sp³-hybridized carbons (Fsp3) is 0.211. The van der Waals surface area contributed by atoms with Crippen LogP contribution in [0.15, 0.2) is 48.6 Å². The molecule has 0 radical (unpaired) electrons. The lowest BCUT2D eigenvalue weighted by atomic mass is 9.76. The van der Waals surface area contributed by atoms with E-state index in [1.54, 1.807) is 12.1 Å². The number of carbonyl (C=O) groups excluding carboxylic acids is 1. The Morgan fingerprint density at radius 2 is 1.92 bits per heavy atom. The second kappa shape index (κ2) is 6.14. The number of fused-ring (bicyclic) bond motifs is 3. The van der Waals surface area contributed by atoms with E-state index in [1.165, 1.54) is 24.3 Å². The molecule has 7 heteroatoms. The predicted octanol–water partition coefficient (Wildman–Crippen LogP) is 3.44. The van der Waals surface area contributed by atoms with E-state index < -0.39 is 5.97 Å². The number of nitrogens with one attached hydrogen (secondary N) is 1. The third-order valence-corrected chi connectivity index (χ3v) is 5.46. The Balaban J connectivity index is 1.81. The number of carbonyl (C=O) groups is 1. The number of nitro groups is 1. The molecule has 26 heavy (non-hydrogen) atoms. The molecule has 0 saturated heterocycles. The standard InChI is InChI=1S/C19H15ClN2O4/c20-14-8-9-15(22(25)26)16-12-2-1-3-13(12)17(21-18(14)16)10-4-6-11(7-5-10)19(23)24/h1-2,4-9,12-13,17,21H,3H2,(H,23,24)/p-1/t12-,13-,17+/m0/s1. The fourth-order valence-corrected chi connectivity index (χ4v) is 4.19. The van der Waals surface area contributed by atoms with E-state index in [0.717, 1.165) is 12.0 Å². The summed E-state index contributed by atoms with van der Waals surface area (Å²) < 4.78 is 0. The van der Waals surface area contributed by atoms with Gasteiger partial charge in [-0.3, -0.25) is 10.1 Å². The number of allylic oxidation sites excluding steroid dienone is 2. The molecule has 0 aromatic heterocycles. The first-order valence-electron chi connectivity index (χ1n) is 8.18. The van der Waals surface area contributed by atoms with Crippen molar-refractivity contribution in [2.75, 3.05) is 5.32 Å². The molecule has 3 atom stereocenters. The third-order valence-electron chi connectivity index (χ3n) is 5.15. The van der Waals surface area contributed by atoms with Gasteiger partial charge in [0.2, 0.25) is 0 Å². The molecular weight excluding hydrogens is 356 g/mol. The largest absolute Gasteiger partial charge is 0.545 e. The van der Waals surface area contributed by atoms with Crippen LogP contribution in [-0.4, -0.2) is 10.9 Å². The van der Waals surface area contributed by atoms with E-state index in [-0.39, 0.29) is 34.1 Å². The number of hydrogen-bond donors (Lipinski definition) is 1. The zero-order valence-corrected chi connectivity index (χ0v) is 14.3. The first kappa shape index (κ1) is 16.6. The Labute approximate surface area is 154 Å². The van der Waals surface area contributed by atoms with Gasteiger partial charge in [-0.25, -0.2) is 0 Å². The van der Waals surface area contributed by atoms with Crippen molar-refractivity contribution in [1.29, 1.82) is 0 Å². The van der Waals surface area contributed by atoms with Gasteiger partial charge in [0.05, 0.1) is 33.2 Å². The molecule has 0 fully saturated rings. The first-order valence-corrected chi connectivity index (χ1v) is 8.56. The summed E-state index contributed by atoms with van der Waals surface area (Å²) in [6.07, 6.45) is 4.79. The van der Waals surface area contributed by atoms with E-state index in [4.69, 9.17) is 11.6 Å². The van der Waals surface area contributed by atoms with Crippen LogP contribution in [0, 0.1) is 16.0 Å². The Kier molecular flexibility index (Phi) is 3.92. The number of hydrogen-bond acceptors (Lipinski definition) is 5. The molecule has 0 saturated carbocycles. The number of rotatable bonds is 3. The SMILES string of the molecule is O=C([O-])c1ccc([C@H]2Nc3c(Cl)ccc([N+](=O)[O-])c3[C@H]3C=CC[C@@H]32)cc1. The summed E-state index contributed by atoms with van der Waals surface area (Å²) in [5.41, 5.74) is 2.26. The minimum Gasteiger partial charge on any atom is -0.545 e. The lowest BCUT2D eigenvalue weighted by Gasteiger charge is -2.37. The molecule has 2 aliphatic rings. The summed E-state index contributed by atoms with van der Waals surface area (Å²) in [6.45, 7) is 0. The van der Waals surface area contributed by atoms with Crippen molar-refractivity contribution in [3.63, 3.8) is 0 Å². The van der Waals surface area contributed by atoms with Gasteiger partial charge < -0.3 is 15.2 Å². The first-order chi connectivity index (χ1) is 12.5. The van der Waals surface area contributed by atoms with Crippen molar-refractivity contribution in [1.82, 2.24) is 0 Å². The minimum atomic E-state index is -1.22. The van der Waals surface area contributed by atoms with Crippen LogP contribution in [-0.2, 0) is 0 Å². The maximum absolute atomic E-state index is 11.5. The number of aromatic carboxylic acids is 1. The molecule has 2 aromatic carbocycles. The summed E-state index contributed by atoms with van der Waals surface area (Å²) in [6, 6.07) is 9.35. The Morgan fingerprint density at radius 3 is 2.58 bits per heavy atom. The van der Waals surface area contributed by atoms with E-state index in [2.05, 4.69) is 5.32 Å². The zero-order chi connectivity index (χ0) is 18.4. The molecule has 0 bridgehead atoms. The average Bonchev–Trinajstić information content (AvgIpc) is 3.11. The van der Waals surface area contributed by atoms with Crippen LogP contribution in [0.25, 0.3) is 0 Å². The summed E-state index contributed by atoms with van der Waals surface area (Å²) in [7, 11) is 0. The van der Waals surface area contributed by atoms with Gasteiger partial charge in [-0.15, -0.1) is 0 Å². The van der Waals surface area contributed by atoms with Crippen LogP contribution < -0.4 is 10.4 Å². The minimum absolute atomic E-state index is 0.0594. The quantitative estimate of drug-likeness (QED) is 0.508. The number of nitro benzene ring substituents is 1.